The van der Waals surface area contributed by atoms with Crippen molar-refractivity contribution < 1.29 is 4.39 Å². The van der Waals surface area contributed by atoms with E-state index < -0.39 is 6.17 Å². The predicted octanol–water partition coefficient (Wildman–Crippen LogP) is 3.15. The van der Waals surface area contributed by atoms with Crippen molar-refractivity contribution in [2.75, 3.05) is 6.54 Å². The fraction of sp³-hybridized carbons (Fsp3) is 0.538. The molecule has 1 saturated heterocycles. The first kappa shape index (κ1) is 10.6. The molecule has 2 heteroatoms. The number of hydrogen-bond acceptors (Lipinski definition) is 1. The number of aryl methyl sites for hydroxylation is 1. The van der Waals surface area contributed by atoms with E-state index in [1.54, 1.807) is 0 Å². The predicted molar refractivity (Wildman–Crippen MR) is 60.7 cm³/mol. The van der Waals surface area contributed by atoms with Gasteiger partial charge in [-0.15, -0.1) is 0 Å². The molecule has 1 heterocycles. The summed E-state index contributed by atoms with van der Waals surface area (Å²) in [7, 11) is 0. The summed E-state index contributed by atoms with van der Waals surface area (Å²) in [6, 6.07) is 7.78. The van der Waals surface area contributed by atoms with Crippen LogP contribution in [-0.2, 0) is 0 Å². The molecular weight excluding hydrogens is 189 g/mol. The summed E-state index contributed by atoms with van der Waals surface area (Å²) in [5.74, 6) is 0. The van der Waals surface area contributed by atoms with Crippen LogP contribution in [-0.4, -0.2) is 12.6 Å². The molecule has 0 amide bonds. The molecule has 82 valence electrons. The van der Waals surface area contributed by atoms with Gasteiger partial charge in [0.2, 0.25) is 0 Å². The third kappa shape index (κ3) is 2.57. The molecule has 1 N–H and O–H groups in total. The van der Waals surface area contributed by atoms with Gasteiger partial charge in [0.15, 0.2) is 0 Å². The molecule has 1 aromatic carbocycles. The number of hydrogen-bond donors (Lipinski definition) is 1. The molecule has 15 heavy (non-hydrogen) atoms. The van der Waals surface area contributed by atoms with Crippen LogP contribution in [0, 0.1) is 6.92 Å². The monoisotopic (exact) mass is 207 g/mol. The van der Waals surface area contributed by atoms with Crippen LogP contribution in [0.3, 0.4) is 0 Å². The van der Waals surface area contributed by atoms with Crippen LogP contribution in [0.15, 0.2) is 24.3 Å². The van der Waals surface area contributed by atoms with Crippen molar-refractivity contribution >= 4 is 0 Å². The van der Waals surface area contributed by atoms with Gasteiger partial charge in [0, 0.05) is 6.04 Å². The van der Waals surface area contributed by atoms with E-state index >= 15 is 0 Å². The number of benzene rings is 1. The molecule has 1 nitrogen and oxygen atoms in total. The Morgan fingerprint density at radius 1 is 1.40 bits per heavy atom. The summed E-state index contributed by atoms with van der Waals surface area (Å²) in [6.45, 7) is 2.96. The highest BCUT2D eigenvalue weighted by atomic mass is 19.1. The molecule has 1 aliphatic rings. The maximum atomic E-state index is 14.1. The molecule has 0 saturated carbocycles. The third-order valence-electron chi connectivity index (χ3n) is 3.06. The van der Waals surface area contributed by atoms with Gasteiger partial charge in [0.1, 0.15) is 6.17 Å². The first-order valence-electron chi connectivity index (χ1n) is 5.71. The number of piperidine rings is 1. The SMILES string of the molecule is Cc1cccc(C(F)C2CCCCN2)c1. The van der Waals surface area contributed by atoms with Crippen molar-refractivity contribution in [3.63, 3.8) is 0 Å². The Kier molecular flexibility index (Phi) is 3.37. The Balaban J connectivity index is 2.08. The van der Waals surface area contributed by atoms with Crippen LogP contribution in [0.4, 0.5) is 4.39 Å². The van der Waals surface area contributed by atoms with Crippen LogP contribution < -0.4 is 5.32 Å². The van der Waals surface area contributed by atoms with Crippen LogP contribution in [0.25, 0.3) is 0 Å². The van der Waals surface area contributed by atoms with E-state index in [-0.39, 0.29) is 6.04 Å². The first-order valence-corrected chi connectivity index (χ1v) is 5.71. The standard InChI is InChI=1S/C13H18FN/c1-10-5-4-6-11(9-10)13(14)12-7-2-3-8-15-12/h4-6,9,12-13,15H,2-3,7-8H2,1H3. The van der Waals surface area contributed by atoms with Crippen LogP contribution in [0.1, 0.15) is 36.6 Å². The van der Waals surface area contributed by atoms with E-state index in [1.807, 2.05) is 31.2 Å². The smallest absolute Gasteiger partial charge is 0.140 e. The maximum Gasteiger partial charge on any atom is 0.140 e. The second-order valence-corrected chi connectivity index (χ2v) is 4.37. The van der Waals surface area contributed by atoms with Gasteiger partial charge in [-0.3, -0.25) is 0 Å². The number of nitrogens with one attached hydrogen (secondary N) is 1. The Morgan fingerprint density at radius 3 is 2.93 bits per heavy atom. The summed E-state index contributed by atoms with van der Waals surface area (Å²) in [4.78, 5) is 0. The second-order valence-electron chi connectivity index (χ2n) is 4.37. The Hall–Kier alpha value is -0.890. The van der Waals surface area contributed by atoms with Gasteiger partial charge in [0.05, 0.1) is 0 Å². The van der Waals surface area contributed by atoms with Crippen molar-refractivity contribution in [1.29, 1.82) is 0 Å². The largest absolute Gasteiger partial charge is 0.311 e. The summed E-state index contributed by atoms with van der Waals surface area (Å²) in [6.07, 6.45) is 2.42. The molecule has 1 aliphatic heterocycles. The lowest BCUT2D eigenvalue weighted by molar-refractivity contribution is 0.221. The number of halogens is 1. The van der Waals surface area contributed by atoms with Gasteiger partial charge in [-0.1, -0.05) is 36.2 Å². The molecule has 0 radical (unpaired) electrons. The van der Waals surface area contributed by atoms with Gasteiger partial charge in [0.25, 0.3) is 0 Å². The van der Waals surface area contributed by atoms with Crippen molar-refractivity contribution in [2.24, 2.45) is 0 Å². The zero-order valence-corrected chi connectivity index (χ0v) is 9.17. The maximum absolute atomic E-state index is 14.1. The third-order valence-corrected chi connectivity index (χ3v) is 3.06. The van der Waals surface area contributed by atoms with Crippen LogP contribution in [0.5, 0.6) is 0 Å². The van der Waals surface area contributed by atoms with Crippen LogP contribution >= 0.6 is 0 Å². The molecule has 1 fully saturated rings. The highest BCUT2D eigenvalue weighted by Crippen LogP contribution is 2.26. The molecule has 0 bridgehead atoms. The van der Waals surface area contributed by atoms with Crippen molar-refractivity contribution in [1.82, 2.24) is 5.32 Å². The summed E-state index contributed by atoms with van der Waals surface area (Å²) in [5.41, 5.74) is 1.94. The Labute approximate surface area is 90.7 Å². The Bertz CT molecular complexity index is 318. The quantitative estimate of drug-likeness (QED) is 0.785. The molecule has 0 aromatic heterocycles. The van der Waals surface area contributed by atoms with Crippen molar-refractivity contribution in [3.05, 3.63) is 35.4 Å². The molecule has 0 aliphatic carbocycles. The highest BCUT2D eigenvalue weighted by molar-refractivity contribution is 5.25. The lowest BCUT2D eigenvalue weighted by Crippen LogP contribution is -2.37. The molecule has 1 aromatic rings. The van der Waals surface area contributed by atoms with E-state index in [1.165, 1.54) is 6.42 Å². The normalized spacial score (nSPS) is 23.7. The van der Waals surface area contributed by atoms with Crippen molar-refractivity contribution in [3.8, 4) is 0 Å². The van der Waals surface area contributed by atoms with E-state index in [2.05, 4.69) is 5.32 Å². The molecule has 2 rings (SSSR count). The average molecular weight is 207 g/mol. The summed E-state index contributed by atoms with van der Waals surface area (Å²) < 4.78 is 14.1. The zero-order chi connectivity index (χ0) is 10.7. The highest BCUT2D eigenvalue weighted by Gasteiger charge is 2.23. The van der Waals surface area contributed by atoms with Crippen LogP contribution in [0.2, 0.25) is 0 Å². The summed E-state index contributed by atoms with van der Waals surface area (Å²) in [5, 5.41) is 3.26. The number of alkyl halides is 1. The fourth-order valence-electron chi connectivity index (χ4n) is 2.20. The topological polar surface area (TPSA) is 12.0 Å². The van der Waals surface area contributed by atoms with Gasteiger partial charge in [-0.25, -0.2) is 4.39 Å². The zero-order valence-electron chi connectivity index (χ0n) is 9.17. The minimum absolute atomic E-state index is 0.0144. The lowest BCUT2D eigenvalue weighted by atomic mass is 9.95. The first-order chi connectivity index (χ1) is 7.27. The molecular formula is C13H18FN. The van der Waals surface area contributed by atoms with E-state index in [9.17, 15) is 4.39 Å². The minimum Gasteiger partial charge on any atom is -0.311 e. The van der Waals surface area contributed by atoms with Crippen molar-refractivity contribution in [2.45, 2.75) is 38.4 Å². The van der Waals surface area contributed by atoms with Gasteiger partial charge in [-0.05, 0) is 31.9 Å². The van der Waals surface area contributed by atoms with E-state index in [0.717, 1.165) is 30.5 Å². The van der Waals surface area contributed by atoms with E-state index in [4.69, 9.17) is 0 Å². The molecule has 2 atom stereocenters. The summed E-state index contributed by atoms with van der Waals surface area (Å²) >= 11 is 0. The molecule has 0 spiro atoms. The average Bonchev–Trinajstić information content (AvgIpc) is 2.29. The molecule has 2 unspecified atom stereocenters. The fourth-order valence-corrected chi connectivity index (χ4v) is 2.20. The lowest BCUT2D eigenvalue weighted by Gasteiger charge is -2.26. The van der Waals surface area contributed by atoms with Gasteiger partial charge >= 0.3 is 0 Å². The second kappa shape index (κ2) is 4.75. The number of rotatable bonds is 2. The minimum atomic E-state index is -0.856. The van der Waals surface area contributed by atoms with Gasteiger partial charge < -0.3 is 5.32 Å². The van der Waals surface area contributed by atoms with Gasteiger partial charge in [-0.2, -0.15) is 0 Å². The Morgan fingerprint density at radius 2 is 2.27 bits per heavy atom. The van der Waals surface area contributed by atoms with E-state index in [0.29, 0.717) is 0 Å².